The fraction of sp³-hybridized carbons (Fsp3) is 0.316. The molecule has 2 aromatic rings. The number of rotatable bonds is 8. The zero-order valence-corrected chi connectivity index (χ0v) is 16.6. The molecule has 0 unspecified atom stereocenters. The van der Waals surface area contributed by atoms with Crippen molar-refractivity contribution >= 4 is 21.6 Å². The second-order valence-electron chi connectivity index (χ2n) is 5.92. The molecule has 0 heterocycles. The van der Waals surface area contributed by atoms with Crippen LogP contribution in [0, 0.1) is 6.92 Å². The van der Waals surface area contributed by atoms with Gasteiger partial charge in [-0.05, 0) is 48.9 Å². The van der Waals surface area contributed by atoms with Gasteiger partial charge < -0.3 is 10.1 Å². The molecule has 0 aliphatic heterocycles. The number of sulfonamides is 1. The molecular formula is C19H22F2N2O4S. The summed E-state index contributed by atoms with van der Waals surface area (Å²) < 4.78 is 55.3. The van der Waals surface area contributed by atoms with Crippen molar-refractivity contribution in [2.75, 3.05) is 18.4 Å². The van der Waals surface area contributed by atoms with Gasteiger partial charge in [-0.2, -0.15) is 13.1 Å². The molecule has 0 aliphatic carbocycles. The summed E-state index contributed by atoms with van der Waals surface area (Å²) in [4.78, 5) is 12.6. The van der Waals surface area contributed by atoms with Gasteiger partial charge in [-0.3, -0.25) is 4.79 Å². The monoisotopic (exact) mass is 412 g/mol. The normalized spacial score (nSPS) is 11.7. The Morgan fingerprint density at radius 2 is 1.71 bits per heavy atom. The summed E-state index contributed by atoms with van der Waals surface area (Å²) in [5, 5.41) is 2.63. The van der Waals surface area contributed by atoms with Crippen LogP contribution in [0.4, 0.5) is 14.5 Å². The van der Waals surface area contributed by atoms with Crippen molar-refractivity contribution in [3.05, 3.63) is 53.6 Å². The first-order valence-electron chi connectivity index (χ1n) is 8.66. The Balaban J connectivity index is 2.26. The van der Waals surface area contributed by atoms with Crippen LogP contribution >= 0.6 is 0 Å². The fourth-order valence-corrected chi connectivity index (χ4v) is 4.12. The van der Waals surface area contributed by atoms with Crippen LogP contribution in [0.2, 0.25) is 0 Å². The Hall–Kier alpha value is -2.52. The van der Waals surface area contributed by atoms with Crippen molar-refractivity contribution in [2.24, 2.45) is 0 Å². The summed E-state index contributed by atoms with van der Waals surface area (Å²) >= 11 is 0. The van der Waals surface area contributed by atoms with Crippen LogP contribution in [0.3, 0.4) is 0 Å². The number of hydrogen-bond acceptors (Lipinski definition) is 4. The van der Waals surface area contributed by atoms with Crippen molar-refractivity contribution in [1.29, 1.82) is 0 Å². The van der Waals surface area contributed by atoms with Gasteiger partial charge in [-0.1, -0.05) is 19.9 Å². The molecule has 0 radical (unpaired) electrons. The number of anilines is 1. The highest BCUT2D eigenvalue weighted by Crippen LogP contribution is 2.22. The van der Waals surface area contributed by atoms with E-state index in [1.54, 1.807) is 26.8 Å². The molecule has 0 fully saturated rings. The molecule has 2 rings (SSSR count). The highest BCUT2D eigenvalue weighted by Gasteiger charge is 2.23. The van der Waals surface area contributed by atoms with Gasteiger partial charge in [-0.25, -0.2) is 8.42 Å². The van der Waals surface area contributed by atoms with Crippen LogP contribution in [-0.2, 0) is 10.0 Å². The lowest BCUT2D eigenvalue weighted by atomic mass is 10.1. The van der Waals surface area contributed by atoms with E-state index in [0.29, 0.717) is 24.3 Å². The van der Waals surface area contributed by atoms with E-state index >= 15 is 0 Å². The van der Waals surface area contributed by atoms with Crippen LogP contribution in [0.5, 0.6) is 5.75 Å². The number of aryl methyl sites for hydroxylation is 1. The number of hydrogen-bond donors (Lipinski definition) is 1. The number of benzene rings is 2. The van der Waals surface area contributed by atoms with Gasteiger partial charge in [-0.15, -0.1) is 0 Å². The Kier molecular flexibility index (Phi) is 7.09. The first kappa shape index (κ1) is 21.8. The molecule has 0 spiro atoms. The molecule has 152 valence electrons. The smallest absolute Gasteiger partial charge is 0.387 e. The van der Waals surface area contributed by atoms with E-state index < -0.39 is 22.5 Å². The van der Waals surface area contributed by atoms with Crippen molar-refractivity contribution in [3.8, 4) is 5.75 Å². The molecule has 0 atom stereocenters. The van der Waals surface area contributed by atoms with Gasteiger partial charge in [0.25, 0.3) is 5.91 Å². The van der Waals surface area contributed by atoms with E-state index in [9.17, 15) is 22.0 Å². The van der Waals surface area contributed by atoms with Gasteiger partial charge in [0.2, 0.25) is 10.0 Å². The first-order valence-corrected chi connectivity index (χ1v) is 10.1. The summed E-state index contributed by atoms with van der Waals surface area (Å²) in [6.07, 6.45) is 0. The molecular weight excluding hydrogens is 390 g/mol. The Morgan fingerprint density at radius 3 is 2.25 bits per heavy atom. The van der Waals surface area contributed by atoms with Gasteiger partial charge in [0.1, 0.15) is 5.75 Å². The molecule has 1 amide bonds. The number of carbonyl (C=O) groups excluding carboxylic acids is 1. The summed E-state index contributed by atoms with van der Waals surface area (Å²) in [6, 6.07) is 9.82. The van der Waals surface area contributed by atoms with Crippen LogP contribution in [0.15, 0.2) is 47.4 Å². The molecule has 9 heteroatoms. The number of alkyl halides is 2. The number of nitrogens with one attached hydrogen (secondary N) is 1. The SMILES string of the molecule is CCN(CC)S(=O)(=O)c1ccc(C)c(C(=O)Nc2ccc(OC(F)F)cc2)c1. The molecule has 2 aromatic carbocycles. The lowest BCUT2D eigenvalue weighted by Gasteiger charge is -2.19. The molecule has 0 bridgehead atoms. The van der Waals surface area contributed by atoms with Gasteiger partial charge >= 0.3 is 6.61 Å². The zero-order chi connectivity index (χ0) is 20.9. The van der Waals surface area contributed by atoms with Crippen LogP contribution in [0.25, 0.3) is 0 Å². The van der Waals surface area contributed by atoms with Crippen LogP contribution in [0.1, 0.15) is 29.8 Å². The summed E-state index contributed by atoms with van der Waals surface area (Å²) in [5.41, 5.74) is 1.18. The second kappa shape index (κ2) is 9.11. The van der Waals surface area contributed by atoms with Gasteiger partial charge in [0, 0.05) is 24.3 Å². The lowest BCUT2D eigenvalue weighted by Crippen LogP contribution is -2.30. The Morgan fingerprint density at radius 1 is 1.11 bits per heavy atom. The zero-order valence-electron chi connectivity index (χ0n) is 15.8. The topological polar surface area (TPSA) is 75.7 Å². The summed E-state index contributed by atoms with van der Waals surface area (Å²) in [5.74, 6) is -0.534. The third kappa shape index (κ3) is 5.05. The third-order valence-electron chi connectivity index (χ3n) is 4.13. The quantitative estimate of drug-likeness (QED) is 0.714. The Labute approximate surface area is 163 Å². The summed E-state index contributed by atoms with van der Waals surface area (Å²) in [6.45, 7) is 2.89. The minimum atomic E-state index is -3.70. The number of nitrogens with zero attached hydrogens (tertiary/aromatic N) is 1. The number of amides is 1. The number of halogens is 2. The molecule has 28 heavy (non-hydrogen) atoms. The average molecular weight is 412 g/mol. The highest BCUT2D eigenvalue weighted by molar-refractivity contribution is 7.89. The average Bonchev–Trinajstić information content (AvgIpc) is 2.63. The maximum atomic E-state index is 12.7. The van der Waals surface area contributed by atoms with Crippen molar-refractivity contribution in [1.82, 2.24) is 4.31 Å². The van der Waals surface area contributed by atoms with Crippen LogP contribution in [-0.4, -0.2) is 38.3 Å². The first-order chi connectivity index (χ1) is 13.2. The molecule has 6 nitrogen and oxygen atoms in total. The lowest BCUT2D eigenvalue weighted by molar-refractivity contribution is -0.0498. The largest absolute Gasteiger partial charge is 0.435 e. The van der Waals surface area contributed by atoms with E-state index in [4.69, 9.17) is 0 Å². The minimum Gasteiger partial charge on any atom is -0.435 e. The van der Waals surface area contributed by atoms with Crippen molar-refractivity contribution < 1.29 is 26.7 Å². The van der Waals surface area contributed by atoms with E-state index in [1.807, 2.05) is 0 Å². The van der Waals surface area contributed by atoms with E-state index in [2.05, 4.69) is 10.1 Å². The van der Waals surface area contributed by atoms with Gasteiger partial charge in [0.15, 0.2) is 0 Å². The number of ether oxygens (including phenoxy) is 1. The fourth-order valence-electron chi connectivity index (χ4n) is 2.64. The summed E-state index contributed by atoms with van der Waals surface area (Å²) in [7, 11) is -3.70. The second-order valence-corrected chi connectivity index (χ2v) is 7.86. The predicted molar refractivity (Wildman–Crippen MR) is 102 cm³/mol. The van der Waals surface area contributed by atoms with E-state index in [1.165, 1.54) is 40.7 Å². The van der Waals surface area contributed by atoms with Crippen molar-refractivity contribution in [3.63, 3.8) is 0 Å². The minimum absolute atomic E-state index is 0.0310. The standard InChI is InChI=1S/C19H22F2N2O4S/c1-4-23(5-2)28(25,26)16-11-6-13(3)17(12-16)18(24)22-14-7-9-15(10-8-14)27-19(20)21/h6-12,19H,4-5H2,1-3H3,(H,22,24). The maximum Gasteiger partial charge on any atom is 0.387 e. The Bertz CT molecular complexity index is 927. The predicted octanol–water partition coefficient (Wildman–Crippen LogP) is 3.88. The molecule has 1 N–H and O–H groups in total. The molecule has 0 aromatic heterocycles. The third-order valence-corrected chi connectivity index (χ3v) is 6.18. The highest BCUT2D eigenvalue weighted by atomic mass is 32.2. The number of carbonyl (C=O) groups is 1. The maximum absolute atomic E-state index is 12.7. The van der Waals surface area contributed by atoms with E-state index in [0.717, 1.165) is 0 Å². The van der Waals surface area contributed by atoms with Gasteiger partial charge in [0.05, 0.1) is 4.90 Å². The van der Waals surface area contributed by atoms with Crippen LogP contribution < -0.4 is 10.1 Å². The molecule has 0 aliphatic rings. The van der Waals surface area contributed by atoms with Crippen molar-refractivity contribution in [2.45, 2.75) is 32.3 Å². The molecule has 0 saturated heterocycles. The molecule has 0 saturated carbocycles. The van der Waals surface area contributed by atoms with E-state index in [-0.39, 0.29) is 16.2 Å².